The van der Waals surface area contributed by atoms with Crippen LogP contribution in [-0.4, -0.2) is 11.7 Å². The van der Waals surface area contributed by atoms with Crippen LogP contribution in [0, 0.1) is 0 Å². The third-order valence-electron chi connectivity index (χ3n) is 3.78. The number of carbonyl (C=O) groups excluding carboxylic acids is 1. The van der Waals surface area contributed by atoms with Crippen molar-refractivity contribution in [3.63, 3.8) is 0 Å². The Morgan fingerprint density at radius 1 is 0.950 bits per heavy atom. The van der Waals surface area contributed by atoms with Crippen molar-refractivity contribution >= 4 is 11.7 Å². The number of nitrogens with zero attached hydrogens (tertiary/aromatic N) is 1. The van der Waals surface area contributed by atoms with Crippen molar-refractivity contribution in [3.8, 4) is 0 Å². The van der Waals surface area contributed by atoms with Crippen molar-refractivity contribution in [2.24, 2.45) is 10.7 Å². The summed E-state index contributed by atoms with van der Waals surface area (Å²) < 4.78 is 0. The first kappa shape index (κ1) is 12.6. The van der Waals surface area contributed by atoms with Gasteiger partial charge in [-0.25, -0.2) is 0 Å². The van der Waals surface area contributed by atoms with Crippen molar-refractivity contribution in [1.29, 1.82) is 0 Å². The number of carbonyl (C=O) groups is 1. The molecule has 1 amide bonds. The zero-order chi connectivity index (χ0) is 14.0. The summed E-state index contributed by atoms with van der Waals surface area (Å²) in [5.41, 5.74) is 7.30. The van der Waals surface area contributed by atoms with Crippen LogP contribution < -0.4 is 5.73 Å². The predicted molar refractivity (Wildman–Crippen MR) is 79.5 cm³/mol. The van der Waals surface area contributed by atoms with Crippen LogP contribution in [0.4, 0.5) is 0 Å². The van der Waals surface area contributed by atoms with Crippen LogP contribution in [0.15, 0.2) is 65.7 Å². The third-order valence-corrected chi connectivity index (χ3v) is 3.78. The van der Waals surface area contributed by atoms with Crippen LogP contribution >= 0.6 is 0 Å². The van der Waals surface area contributed by atoms with Crippen molar-refractivity contribution < 1.29 is 4.79 Å². The lowest BCUT2D eigenvalue weighted by Gasteiger charge is -2.11. The average Bonchev–Trinajstić information content (AvgIpc) is 3.31. The number of hydrogen-bond donors (Lipinski definition) is 1. The molecule has 0 unspecified atom stereocenters. The van der Waals surface area contributed by atoms with Gasteiger partial charge in [0.2, 0.25) is 0 Å². The molecule has 0 spiro atoms. The van der Waals surface area contributed by atoms with Crippen LogP contribution in [0.3, 0.4) is 0 Å². The highest BCUT2D eigenvalue weighted by Crippen LogP contribution is 2.49. The zero-order valence-electron chi connectivity index (χ0n) is 11.1. The van der Waals surface area contributed by atoms with Gasteiger partial charge in [0.25, 0.3) is 5.91 Å². The molecule has 0 heterocycles. The van der Waals surface area contributed by atoms with Gasteiger partial charge in [0.05, 0.1) is 5.41 Å². The number of aliphatic imine (C=N–C) groups is 1. The SMILES string of the molecule is NC(=NC(=O)C1(c2ccccc2)CC1)c1ccccc1. The summed E-state index contributed by atoms with van der Waals surface area (Å²) in [4.78, 5) is 16.6. The molecule has 2 N–H and O–H groups in total. The molecule has 0 saturated heterocycles. The molecule has 2 aromatic carbocycles. The molecule has 3 rings (SSSR count). The predicted octanol–water partition coefficient (Wildman–Crippen LogP) is 2.65. The van der Waals surface area contributed by atoms with Gasteiger partial charge in [-0.3, -0.25) is 4.79 Å². The minimum absolute atomic E-state index is 0.134. The Kier molecular flexibility index (Phi) is 3.11. The second-order valence-corrected chi connectivity index (χ2v) is 5.12. The van der Waals surface area contributed by atoms with E-state index in [4.69, 9.17) is 5.73 Å². The fourth-order valence-corrected chi connectivity index (χ4v) is 2.40. The highest BCUT2D eigenvalue weighted by molar-refractivity contribution is 6.07. The molecule has 1 aliphatic carbocycles. The summed E-state index contributed by atoms with van der Waals surface area (Å²) in [7, 11) is 0. The van der Waals surface area contributed by atoms with E-state index in [1.165, 1.54) is 0 Å². The number of nitrogens with two attached hydrogens (primary N) is 1. The number of amides is 1. The molecular weight excluding hydrogens is 248 g/mol. The number of benzene rings is 2. The van der Waals surface area contributed by atoms with Gasteiger partial charge >= 0.3 is 0 Å². The Hall–Kier alpha value is -2.42. The second kappa shape index (κ2) is 4.93. The molecule has 1 aliphatic rings. The van der Waals surface area contributed by atoms with E-state index in [0.29, 0.717) is 0 Å². The Labute approximate surface area is 118 Å². The standard InChI is InChI=1S/C17H16N2O/c18-15(13-7-3-1-4-8-13)19-16(20)17(11-12-17)14-9-5-2-6-10-14/h1-10H,11-12H2,(H2,18,19,20). The fourth-order valence-electron chi connectivity index (χ4n) is 2.40. The average molecular weight is 264 g/mol. The highest BCUT2D eigenvalue weighted by Gasteiger charge is 2.51. The molecule has 2 aromatic rings. The maximum atomic E-state index is 12.4. The minimum atomic E-state index is -0.444. The minimum Gasteiger partial charge on any atom is -0.383 e. The van der Waals surface area contributed by atoms with Crippen molar-refractivity contribution in [2.75, 3.05) is 0 Å². The number of hydrogen-bond acceptors (Lipinski definition) is 1. The summed E-state index contributed by atoms with van der Waals surface area (Å²) in [6.45, 7) is 0. The lowest BCUT2D eigenvalue weighted by molar-refractivity contribution is -0.120. The van der Waals surface area contributed by atoms with E-state index >= 15 is 0 Å². The van der Waals surface area contributed by atoms with E-state index in [9.17, 15) is 4.79 Å². The molecule has 3 heteroatoms. The summed E-state index contributed by atoms with van der Waals surface area (Å²) in [5.74, 6) is 0.155. The lowest BCUT2D eigenvalue weighted by Crippen LogP contribution is -2.23. The Morgan fingerprint density at radius 3 is 2.05 bits per heavy atom. The van der Waals surface area contributed by atoms with Crippen molar-refractivity contribution in [2.45, 2.75) is 18.3 Å². The zero-order valence-corrected chi connectivity index (χ0v) is 11.1. The van der Waals surface area contributed by atoms with E-state index in [2.05, 4.69) is 4.99 Å². The molecule has 100 valence electrons. The molecule has 0 atom stereocenters. The van der Waals surface area contributed by atoms with Crippen LogP contribution in [0.1, 0.15) is 24.0 Å². The van der Waals surface area contributed by atoms with Crippen molar-refractivity contribution in [3.05, 3.63) is 71.8 Å². The Bertz CT molecular complexity index is 643. The summed E-state index contributed by atoms with van der Waals surface area (Å²) >= 11 is 0. The van der Waals surface area contributed by atoms with Gasteiger partial charge in [0.1, 0.15) is 5.84 Å². The molecule has 20 heavy (non-hydrogen) atoms. The van der Waals surface area contributed by atoms with E-state index < -0.39 is 5.41 Å². The van der Waals surface area contributed by atoms with E-state index in [1.54, 1.807) is 0 Å². The van der Waals surface area contributed by atoms with Gasteiger partial charge in [-0.1, -0.05) is 60.7 Å². The largest absolute Gasteiger partial charge is 0.383 e. The van der Waals surface area contributed by atoms with Gasteiger partial charge in [-0.15, -0.1) is 0 Å². The molecule has 0 bridgehead atoms. The van der Waals surface area contributed by atoms with E-state index in [0.717, 1.165) is 24.0 Å². The number of rotatable bonds is 3. The van der Waals surface area contributed by atoms with Crippen molar-refractivity contribution in [1.82, 2.24) is 0 Å². The normalized spacial score (nSPS) is 16.7. The second-order valence-electron chi connectivity index (χ2n) is 5.12. The monoisotopic (exact) mass is 264 g/mol. The maximum Gasteiger partial charge on any atom is 0.258 e. The molecule has 0 aliphatic heterocycles. The first-order valence-electron chi connectivity index (χ1n) is 6.72. The third kappa shape index (κ3) is 2.23. The molecule has 1 fully saturated rings. The summed E-state index contributed by atoms with van der Waals surface area (Å²) in [5, 5.41) is 0. The highest BCUT2D eigenvalue weighted by atomic mass is 16.1. The van der Waals surface area contributed by atoms with Crippen LogP contribution in [0.2, 0.25) is 0 Å². The number of amidine groups is 1. The topological polar surface area (TPSA) is 55.4 Å². The van der Waals surface area contributed by atoms with Gasteiger partial charge < -0.3 is 5.73 Å². The van der Waals surface area contributed by atoms with E-state index in [-0.39, 0.29) is 11.7 Å². The van der Waals surface area contributed by atoms with Gasteiger partial charge in [0, 0.05) is 5.56 Å². The lowest BCUT2D eigenvalue weighted by atomic mass is 9.95. The molecule has 0 radical (unpaired) electrons. The molecular formula is C17H16N2O. The maximum absolute atomic E-state index is 12.4. The van der Waals surface area contributed by atoms with Crippen LogP contribution in [-0.2, 0) is 10.2 Å². The molecule has 0 aromatic heterocycles. The van der Waals surface area contributed by atoms with Gasteiger partial charge in [0.15, 0.2) is 0 Å². The first-order chi connectivity index (χ1) is 9.72. The summed E-state index contributed by atoms with van der Waals surface area (Å²) in [6, 6.07) is 19.2. The fraction of sp³-hybridized carbons (Fsp3) is 0.176. The molecule has 3 nitrogen and oxygen atoms in total. The van der Waals surface area contributed by atoms with Crippen LogP contribution in [0.5, 0.6) is 0 Å². The Balaban J connectivity index is 1.87. The van der Waals surface area contributed by atoms with Gasteiger partial charge in [-0.2, -0.15) is 4.99 Å². The summed E-state index contributed by atoms with van der Waals surface area (Å²) in [6.07, 6.45) is 1.70. The Morgan fingerprint density at radius 2 is 1.50 bits per heavy atom. The van der Waals surface area contributed by atoms with E-state index in [1.807, 2.05) is 60.7 Å². The quantitative estimate of drug-likeness (QED) is 0.684. The van der Waals surface area contributed by atoms with Crippen LogP contribution in [0.25, 0.3) is 0 Å². The molecule has 1 saturated carbocycles. The smallest absolute Gasteiger partial charge is 0.258 e. The first-order valence-corrected chi connectivity index (χ1v) is 6.72. The van der Waals surface area contributed by atoms with Gasteiger partial charge in [-0.05, 0) is 18.4 Å².